The van der Waals surface area contributed by atoms with Gasteiger partial charge in [0.05, 0.1) is 25.6 Å². The van der Waals surface area contributed by atoms with Crippen LogP contribution < -0.4 is 0 Å². The molecule has 0 amide bonds. The van der Waals surface area contributed by atoms with Gasteiger partial charge in [-0.2, -0.15) is 0 Å². The molecule has 4 unspecified atom stereocenters. The minimum Gasteiger partial charge on any atom is -0.374 e. The SMILES string of the molecule is Clc1ccc(C(OC2CCCC(COCc3ccc(Cl)cc3Cl)O2)C(Cl)n2ccnc2)cc1. The summed E-state index contributed by atoms with van der Waals surface area (Å²) < 4.78 is 20.3. The third-order valence-corrected chi connectivity index (χ3v) is 6.74. The molecular formula is C24H24Cl4N2O3. The van der Waals surface area contributed by atoms with Crippen LogP contribution in [0.2, 0.25) is 15.1 Å². The molecule has 2 heterocycles. The van der Waals surface area contributed by atoms with Crippen LogP contribution in [-0.2, 0) is 20.8 Å². The normalized spacial score (nSPS) is 20.5. The topological polar surface area (TPSA) is 45.5 Å². The average Bonchev–Trinajstić information content (AvgIpc) is 3.35. The van der Waals surface area contributed by atoms with Crippen molar-refractivity contribution < 1.29 is 14.2 Å². The van der Waals surface area contributed by atoms with E-state index in [1.165, 1.54) is 0 Å². The van der Waals surface area contributed by atoms with Gasteiger partial charge in [0.15, 0.2) is 6.29 Å². The van der Waals surface area contributed by atoms with Crippen LogP contribution in [0, 0.1) is 0 Å². The molecule has 1 aliphatic rings. The van der Waals surface area contributed by atoms with Crippen molar-refractivity contribution in [3.05, 3.63) is 87.4 Å². The summed E-state index contributed by atoms with van der Waals surface area (Å²) in [5, 5.41) is 1.84. The number of alkyl halides is 1. The molecule has 4 atom stereocenters. The fourth-order valence-corrected chi connectivity index (χ4v) is 4.62. The molecule has 0 saturated carbocycles. The van der Waals surface area contributed by atoms with Crippen LogP contribution in [0.3, 0.4) is 0 Å². The summed E-state index contributed by atoms with van der Waals surface area (Å²) in [6.45, 7) is 0.829. The Morgan fingerprint density at radius 1 is 1.06 bits per heavy atom. The number of rotatable bonds is 9. The maximum atomic E-state index is 6.78. The molecule has 5 nitrogen and oxygen atoms in total. The maximum absolute atomic E-state index is 6.78. The Labute approximate surface area is 213 Å². The van der Waals surface area contributed by atoms with E-state index >= 15 is 0 Å². The van der Waals surface area contributed by atoms with Crippen LogP contribution in [0.25, 0.3) is 0 Å². The number of imidazole rings is 1. The number of hydrogen-bond donors (Lipinski definition) is 0. The zero-order valence-corrected chi connectivity index (χ0v) is 20.8. The molecule has 0 N–H and O–H groups in total. The molecule has 0 aliphatic carbocycles. The van der Waals surface area contributed by atoms with Gasteiger partial charge in [0, 0.05) is 27.5 Å². The first-order valence-corrected chi connectivity index (χ1v) is 12.3. The number of nitrogens with zero attached hydrogens (tertiary/aromatic N) is 2. The monoisotopic (exact) mass is 528 g/mol. The Balaban J connectivity index is 1.37. The van der Waals surface area contributed by atoms with Crippen molar-refractivity contribution in [2.75, 3.05) is 6.61 Å². The quantitative estimate of drug-likeness (QED) is 0.270. The van der Waals surface area contributed by atoms with Gasteiger partial charge < -0.3 is 18.8 Å². The van der Waals surface area contributed by atoms with Gasteiger partial charge in [-0.1, -0.05) is 64.6 Å². The molecule has 176 valence electrons. The van der Waals surface area contributed by atoms with E-state index in [-0.39, 0.29) is 6.10 Å². The van der Waals surface area contributed by atoms with Gasteiger partial charge in [0.1, 0.15) is 11.6 Å². The van der Waals surface area contributed by atoms with Crippen molar-refractivity contribution in [1.82, 2.24) is 9.55 Å². The van der Waals surface area contributed by atoms with Crippen LogP contribution in [-0.4, -0.2) is 28.6 Å². The second-order valence-corrected chi connectivity index (χ2v) is 9.59. The first kappa shape index (κ1) is 24.8. The standard InChI is InChI=1S/C24H24Cl4N2O3/c25-18-7-4-16(5-8-18)23(24(28)30-11-10-29-15-30)33-22-3-1-2-20(32-22)14-31-13-17-6-9-19(26)12-21(17)27/h4-12,15,20,22-24H,1-3,13-14H2. The minimum absolute atomic E-state index is 0.0808. The number of benzene rings is 2. The highest BCUT2D eigenvalue weighted by Crippen LogP contribution is 2.37. The molecule has 1 aliphatic heterocycles. The fourth-order valence-electron chi connectivity index (χ4n) is 3.71. The lowest BCUT2D eigenvalue weighted by Crippen LogP contribution is -2.34. The third-order valence-electron chi connectivity index (χ3n) is 5.44. The molecule has 1 fully saturated rings. The van der Waals surface area contributed by atoms with Crippen LogP contribution in [0.5, 0.6) is 0 Å². The minimum atomic E-state index is -0.499. The largest absolute Gasteiger partial charge is 0.374 e. The number of hydrogen-bond acceptors (Lipinski definition) is 4. The lowest BCUT2D eigenvalue weighted by Gasteiger charge is -2.34. The molecule has 2 aromatic carbocycles. The summed E-state index contributed by atoms with van der Waals surface area (Å²) in [5.41, 5.74) is 1.30. The second-order valence-electron chi connectivity index (χ2n) is 7.86. The number of aromatic nitrogens is 2. The van der Waals surface area contributed by atoms with Gasteiger partial charge in [-0.05, 0) is 54.7 Å². The lowest BCUT2D eigenvalue weighted by atomic mass is 10.1. The molecular weight excluding hydrogens is 506 g/mol. The molecule has 3 aromatic rings. The average molecular weight is 530 g/mol. The third kappa shape index (κ3) is 6.86. The highest BCUT2D eigenvalue weighted by molar-refractivity contribution is 6.35. The molecule has 0 spiro atoms. The smallest absolute Gasteiger partial charge is 0.159 e. The summed E-state index contributed by atoms with van der Waals surface area (Å²) in [6.07, 6.45) is 6.87. The van der Waals surface area contributed by atoms with Crippen molar-refractivity contribution in [2.24, 2.45) is 0 Å². The second kappa shape index (κ2) is 11.9. The van der Waals surface area contributed by atoms with Gasteiger partial charge in [0.25, 0.3) is 0 Å². The predicted molar refractivity (Wildman–Crippen MR) is 131 cm³/mol. The Hall–Kier alpha value is -1.31. The Bertz CT molecular complexity index is 1020. The molecule has 0 bridgehead atoms. The van der Waals surface area contributed by atoms with Crippen molar-refractivity contribution in [3.8, 4) is 0 Å². The van der Waals surface area contributed by atoms with E-state index in [2.05, 4.69) is 4.98 Å². The summed E-state index contributed by atoms with van der Waals surface area (Å²) in [6, 6.07) is 12.9. The Morgan fingerprint density at radius 3 is 2.58 bits per heavy atom. The zero-order valence-electron chi connectivity index (χ0n) is 17.7. The molecule has 9 heteroatoms. The Morgan fingerprint density at radius 2 is 1.85 bits per heavy atom. The van der Waals surface area contributed by atoms with E-state index in [9.17, 15) is 0 Å². The maximum Gasteiger partial charge on any atom is 0.159 e. The van der Waals surface area contributed by atoms with Gasteiger partial charge in [0.2, 0.25) is 0 Å². The molecule has 33 heavy (non-hydrogen) atoms. The van der Waals surface area contributed by atoms with Crippen LogP contribution in [0.4, 0.5) is 0 Å². The van der Waals surface area contributed by atoms with Crippen molar-refractivity contribution in [1.29, 1.82) is 0 Å². The van der Waals surface area contributed by atoms with Crippen LogP contribution >= 0.6 is 46.4 Å². The summed E-state index contributed by atoms with van der Waals surface area (Å²) in [5.74, 6) is 0. The zero-order chi connectivity index (χ0) is 23.2. The van der Waals surface area contributed by atoms with Gasteiger partial charge in [-0.15, -0.1) is 0 Å². The predicted octanol–water partition coefficient (Wildman–Crippen LogP) is 7.45. The molecule has 1 aromatic heterocycles. The van der Waals surface area contributed by atoms with E-state index in [1.807, 2.05) is 36.5 Å². The summed E-state index contributed by atoms with van der Waals surface area (Å²) >= 11 is 25.0. The Kier molecular flexibility index (Phi) is 8.94. The van der Waals surface area contributed by atoms with E-state index in [1.54, 1.807) is 29.2 Å². The molecule has 0 radical (unpaired) electrons. The van der Waals surface area contributed by atoms with Gasteiger partial charge >= 0.3 is 0 Å². The first-order chi connectivity index (χ1) is 16.0. The highest BCUT2D eigenvalue weighted by Gasteiger charge is 2.31. The number of ether oxygens (including phenoxy) is 3. The van der Waals surface area contributed by atoms with Gasteiger partial charge in [-0.3, -0.25) is 0 Å². The summed E-state index contributed by atoms with van der Waals surface area (Å²) in [7, 11) is 0. The lowest BCUT2D eigenvalue weighted by molar-refractivity contribution is -0.228. The van der Waals surface area contributed by atoms with Crippen molar-refractivity contribution in [2.45, 2.75) is 49.9 Å². The van der Waals surface area contributed by atoms with E-state index in [0.29, 0.717) is 28.3 Å². The fraction of sp³-hybridized carbons (Fsp3) is 0.375. The summed E-state index contributed by atoms with van der Waals surface area (Å²) in [4.78, 5) is 4.10. The molecule has 4 rings (SSSR count). The highest BCUT2D eigenvalue weighted by atomic mass is 35.5. The van der Waals surface area contributed by atoms with Gasteiger partial charge in [-0.25, -0.2) is 4.98 Å². The van der Waals surface area contributed by atoms with Crippen molar-refractivity contribution in [3.63, 3.8) is 0 Å². The van der Waals surface area contributed by atoms with Crippen LogP contribution in [0.15, 0.2) is 61.2 Å². The van der Waals surface area contributed by atoms with E-state index in [4.69, 9.17) is 60.6 Å². The first-order valence-electron chi connectivity index (χ1n) is 10.7. The van der Waals surface area contributed by atoms with Crippen molar-refractivity contribution >= 4 is 46.4 Å². The molecule has 1 saturated heterocycles. The van der Waals surface area contributed by atoms with E-state index < -0.39 is 17.9 Å². The van der Waals surface area contributed by atoms with E-state index in [0.717, 1.165) is 30.4 Å². The van der Waals surface area contributed by atoms with Crippen LogP contribution in [0.1, 0.15) is 42.0 Å². The number of halogens is 4.